The molecule has 1 heterocycles. The Labute approximate surface area is 220 Å². The maximum atomic E-state index is 9.10. The number of methoxy groups -OCH3 is 4. The van der Waals surface area contributed by atoms with Crippen molar-refractivity contribution in [3.63, 3.8) is 0 Å². The van der Waals surface area contributed by atoms with Gasteiger partial charge in [0, 0.05) is 31.3 Å². The molecule has 0 radical (unpaired) electrons. The SMILES string of the molecule is CCOc1ccc(-c2cnc(NCc3ccc(OC)c(OC)c3OC)n2CCOC)cc1.O=C(O)C(=O)O. The van der Waals surface area contributed by atoms with E-state index in [9.17, 15) is 0 Å². The minimum atomic E-state index is -1.82. The van der Waals surface area contributed by atoms with Crippen LogP contribution in [0.1, 0.15) is 12.5 Å². The second-order valence-electron chi connectivity index (χ2n) is 7.53. The number of imidazole rings is 1. The highest BCUT2D eigenvalue weighted by atomic mass is 16.5. The molecule has 0 aliphatic heterocycles. The molecule has 0 bridgehead atoms. The van der Waals surface area contributed by atoms with Crippen LogP contribution in [0.25, 0.3) is 11.3 Å². The fourth-order valence-corrected chi connectivity index (χ4v) is 3.52. The van der Waals surface area contributed by atoms with Gasteiger partial charge < -0.3 is 43.8 Å². The van der Waals surface area contributed by atoms with Gasteiger partial charge in [-0.25, -0.2) is 14.6 Å². The number of ether oxygens (including phenoxy) is 5. The van der Waals surface area contributed by atoms with Gasteiger partial charge in [0.15, 0.2) is 11.5 Å². The van der Waals surface area contributed by atoms with Gasteiger partial charge >= 0.3 is 11.9 Å². The average Bonchev–Trinajstić information content (AvgIpc) is 3.33. The van der Waals surface area contributed by atoms with Gasteiger partial charge in [0.25, 0.3) is 0 Å². The van der Waals surface area contributed by atoms with Gasteiger partial charge in [0.1, 0.15) is 5.75 Å². The third kappa shape index (κ3) is 7.77. The van der Waals surface area contributed by atoms with Crippen LogP contribution in [0.4, 0.5) is 5.95 Å². The van der Waals surface area contributed by atoms with Crippen molar-refractivity contribution >= 4 is 17.9 Å². The molecule has 0 saturated heterocycles. The maximum absolute atomic E-state index is 9.10. The number of aliphatic carboxylic acids is 2. The number of nitrogens with one attached hydrogen (secondary N) is 1. The van der Waals surface area contributed by atoms with Gasteiger partial charge in [0.05, 0.1) is 46.4 Å². The zero-order valence-corrected chi connectivity index (χ0v) is 22.0. The number of hydrogen-bond acceptors (Lipinski definition) is 9. The van der Waals surface area contributed by atoms with Crippen LogP contribution in [0, 0.1) is 0 Å². The minimum absolute atomic E-state index is 0.496. The van der Waals surface area contributed by atoms with E-state index in [1.165, 1.54) is 0 Å². The molecule has 12 heteroatoms. The predicted molar refractivity (Wildman–Crippen MR) is 139 cm³/mol. The number of anilines is 1. The summed E-state index contributed by atoms with van der Waals surface area (Å²) in [7, 11) is 6.50. The van der Waals surface area contributed by atoms with Crippen molar-refractivity contribution in [2.24, 2.45) is 0 Å². The Kier molecular flexibility index (Phi) is 11.7. The molecule has 3 aromatic rings. The fraction of sp³-hybridized carbons (Fsp3) is 0.346. The molecule has 206 valence electrons. The molecule has 2 aromatic carbocycles. The van der Waals surface area contributed by atoms with Crippen molar-refractivity contribution in [2.75, 3.05) is 47.0 Å². The molecule has 0 saturated carbocycles. The van der Waals surface area contributed by atoms with E-state index in [1.807, 2.05) is 49.5 Å². The summed E-state index contributed by atoms with van der Waals surface area (Å²) in [6.45, 7) is 4.33. The van der Waals surface area contributed by atoms with Gasteiger partial charge in [-0.05, 0) is 43.3 Å². The van der Waals surface area contributed by atoms with Crippen LogP contribution in [0.2, 0.25) is 0 Å². The van der Waals surface area contributed by atoms with Gasteiger partial charge in [0.2, 0.25) is 11.7 Å². The largest absolute Gasteiger partial charge is 0.494 e. The molecule has 0 unspecified atom stereocenters. The summed E-state index contributed by atoms with van der Waals surface area (Å²) in [5.41, 5.74) is 2.97. The van der Waals surface area contributed by atoms with Gasteiger partial charge in [-0.2, -0.15) is 0 Å². The van der Waals surface area contributed by atoms with Gasteiger partial charge in [-0.3, -0.25) is 0 Å². The molecular weight excluding hydrogens is 498 g/mol. The van der Waals surface area contributed by atoms with Gasteiger partial charge in [-0.15, -0.1) is 0 Å². The number of benzene rings is 2. The van der Waals surface area contributed by atoms with Crippen LogP contribution in [0.5, 0.6) is 23.0 Å². The quantitative estimate of drug-likeness (QED) is 0.295. The highest BCUT2D eigenvalue weighted by Gasteiger charge is 2.17. The number of carbonyl (C=O) groups is 2. The Morgan fingerprint density at radius 2 is 1.58 bits per heavy atom. The second kappa shape index (κ2) is 15.0. The third-order valence-corrected chi connectivity index (χ3v) is 5.24. The smallest absolute Gasteiger partial charge is 0.414 e. The summed E-state index contributed by atoms with van der Waals surface area (Å²) in [6, 6.07) is 11.8. The molecule has 0 atom stereocenters. The molecular formula is C26H33N3O9. The first-order valence-electron chi connectivity index (χ1n) is 11.6. The van der Waals surface area contributed by atoms with Crippen LogP contribution in [-0.4, -0.2) is 73.4 Å². The Morgan fingerprint density at radius 1 is 0.921 bits per heavy atom. The Morgan fingerprint density at radius 3 is 2.11 bits per heavy atom. The Balaban J connectivity index is 0.000000757. The molecule has 0 fully saturated rings. The van der Waals surface area contributed by atoms with E-state index < -0.39 is 11.9 Å². The van der Waals surface area contributed by atoms with Crippen molar-refractivity contribution in [1.29, 1.82) is 0 Å². The standard InChI is InChI=1S/C24H31N3O5.C2H2O4/c1-6-32-19-10-7-17(8-11-19)20-16-26-24(27(20)13-14-28-2)25-15-18-9-12-21(29-3)23(31-5)22(18)30-4;3-1(4)2(5)6/h7-12,16H,6,13-15H2,1-5H3,(H,25,26);(H,3,4)(H,5,6). The number of rotatable bonds is 12. The average molecular weight is 532 g/mol. The van der Waals surface area contributed by atoms with Crippen LogP contribution >= 0.6 is 0 Å². The molecule has 1 aromatic heterocycles. The van der Waals surface area contributed by atoms with Crippen LogP contribution in [-0.2, 0) is 27.4 Å². The molecule has 0 aliphatic carbocycles. The van der Waals surface area contributed by atoms with E-state index in [1.54, 1.807) is 28.4 Å². The summed E-state index contributed by atoms with van der Waals surface area (Å²) in [5, 5.41) is 18.2. The first-order valence-corrected chi connectivity index (χ1v) is 11.6. The number of carboxylic acids is 2. The van der Waals surface area contributed by atoms with Gasteiger partial charge in [-0.1, -0.05) is 0 Å². The minimum Gasteiger partial charge on any atom is -0.494 e. The van der Waals surface area contributed by atoms with E-state index in [4.69, 9.17) is 43.5 Å². The van der Waals surface area contributed by atoms with E-state index >= 15 is 0 Å². The number of hydrogen-bond donors (Lipinski definition) is 3. The van der Waals surface area contributed by atoms with Crippen molar-refractivity contribution < 1.29 is 43.5 Å². The summed E-state index contributed by atoms with van der Waals surface area (Å²) in [5.74, 6) is -0.258. The highest BCUT2D eigenvalue weighted by molar-refractivity contribution is 6.27. The van der Waals surface area contributed by atoms with E-state index in [0.29, 0.717) is 43.6 Å². The zero-order valence-electron chi connectivity index (χ0n) is 22.0. The summed E-state index contributed by atoms with van der Waals surface area (Å²) in [6.07, 6.45) is 1.86. The van der Waals surface area contributed by atoms with E-state index in [-0.39, 0.29) is 0 Å². The Hall–Kier alpha value is -4.45. The lowest BCUT2D eigenvalue weighted by Crippen LogP contribution is -2.12. The highest BCUT2D eigenvalue weighted by Crippen LogP contribution is 2.40. The van der Waals surface area contributed by atoms with Crippen molar-refractivity contribution in [1.82, 2.24) is 9.55 Å². The summed E-state index contributed by atoms with van der Waals surface area (Å²) >= 11 is 0. The molecule has 3 N–H and O–H groups in total. The van der Waals surface area contributed by atoms with Crippen LogP contribution in [0.3, 0.4) is 0 Å². The predicted octanol–water partition coefficient (Wildman–Crippen LogP) is 3.39. The number of nitrogens with zero attached hydrogens (tertiary/aromatic N) is 2. The lowest BCUT2D eigenvalue weighted by Gasteiger charge is -2.17. The lowest BCUT2D eigenvalue weighted by molar-refractivity contribution is -0.159. The molecule has 0 amide bonds. The van der Waals surface area contributed by atoms with Crippen molar-refractivity contribution in [3.8, 4) is 34.3 Å². The summed E-state index contributed by atoms with van der Waals surface area (Å²) < 4.78 is 29.4. The van der Waals surface area contributed by atoms with Crippen LogP contribution in [0.15, 0.2) is 42.6 Å². The normalized spacial score (nSPS) is 10.1. The van der Waals surface area contributed by atoms with Crippen molar-refractivity contribution in [3.05, 3.63) is 48.2 Å². The van der Waals surface area contributed by atoms with Crippen molar-refractivity contribution in [2.45, 2.75) is 20.0 Å². The number of aromatic nitrogens is 2. The molecule has 0 aliphatic rings. The second-order valence-corrected chi connectivity index (χ2v) is 7.53. The Bertz CT molecular complexity index is 1180. The van der Waals surface area contributed by atoms with E-state index in [2.05, 4.69) is 14.9 Å². The molecule has 3 rings (SSSR count). The first-order chi connectivity index (χ1) is 18.3. The zero-order chi connectivity index (χ0) is 28.1. The number of carboxylic acid groups (broad SMARTS) is 2. The summed E-state index contributed by atoms with van der Waals surface area (Å²) in [4.78, 5) is 22.8. The first kappa shape index (κ1) is 29.8. The van der Waals surface area contributed by atoms with Crippen LogP contribution < -0.4 is 24.3 Å². The molecule has 12 nitrogen and oxygen atoms in total. The van der Waals surface area contributed by atoms with E-state index in [0.717, 1.165) is 28.5 Å². The maximum Gasteiger partial charge on any atom is 0.414 e. The monoisotopic (exact) mass is 531 g/mol. The topological polar surface area (TPSA) is 151 Å². The molecule has 0 spiro atoms. The third-order valence-electron chi connectivity index (χ3n) is 5.24. The fourth-order valence-electron chi connectivity index (χ4n) is 3.52. The molecule has 38 heavy (non-hydrogen) atoms. The lowest BCUT2D eigenvalue weighted by atomic mass is 10.1.